The molecule has 2 aromatic rings. The van der Waals surface area contributed by atoms with E-state index in [1.807, 2.05) is 12.1 Å². The van der Waals surface area contributed by atoms with Crippen LogP contribution < -0.4 is 5.73 Å². The molecule has 7 heteroatoms. The van der Waals surface area contributed by atoms with Crippen molar-refractivity contribution in [2.75, 3.05) is 13.1 Å². The molecule has 0 saturated heterocycles. The number of aromatic hydroxyl groups is 2. The molecule has 4 rings (SSSR count). The number of rotatable bonds is 5. The Morgan fingerprint density at radius 1 is 0.686 bits per heavy atom. The van der Waals surface area contributed by atoms with Gasteiger partial charge in [0.05, 0.1) is 19.2 Å². The van der Waals surface area contributed by atoms with E-state index < -0.39 is 0 Å². The maximum absolute atomic E-state index is 9.54. The van der Waals surface area contributed by atoms with Crippen LogP contribution in [0.4, 0.5) is 0 Å². The van der Waals surface area contributed by atoms with E-state index in [9.17, 15) is 10.2 Å². The fourth-order valence-corrected chi connectivity index (χ4v) is 3.85. The topological polar surface area (TPSA) is 111 Å². The van der Waals surface area contributed by atoms with Gasteiger partial charge in [0.25, 0.3) is 0 Å². The molecule has 0 unspecified atom stereocenters. The Labute approximate surface area is 220 Å². The molecular weight excluding hydrogens is 482 g/mol. The van der Waals surface area contributed by atoms with E-state index in [1.54, 1.807) is 48.8 Å². The largest absolute Gasteiger partial charge is 0.507 e. The molecule has 0 bridgehead atoms. The van der Waals surface area contributed by atoms with Crippen molar-refractivity contribution in [3.63, 3.8) is 0 Å². The summed E-state index contributed by atoms with van der Waals surface area (Å²) in [7, 11) is 0. The molecule has 2 aromatic carbocycles. The van der Waals surface area contributed by atoms with Gasteiger partial charge in [-0.25, -0.2) is 0 Å². The minimum Gasteiger partial charge on any atom is -0.507 e. The van der Waals surface area contributed by atoms with E-state index in [1.165, 1.54) is 51.4 Å². The number of hydrogen-bond acceptors (Lipinski definition) is 6. The van der Waals surface area contributed by atoms with E-state index in [0.717, 1.165) is 12.8 Å². The molecule has 2 aliphatic carbocycles. The normalized spacial score (nSPS) is 16.6. The summed E-state index contributed by atoms with van der Waals surface area (Å²) in [6, 6.07) is 14.6. The number of aliphatic hydroxyl groups is 1. The van der Waals surface area contributed by atoms with Crippen molar-refractivity contribution in [1.29, 1.82) is 0 Å². The van der Waals surface area contributed by atoms with Crippen molar-refractivity contribution in [2.24, 2.45) is 15.7 Å². The van der Waals surface area contributed by atoms with E-state index in [2.05, 4.69) is 9.98 Å². The average Bonchev–Trinajstić information content (AvgIpc) is 2.85. The summed E-state index contributed by atoms with van der Waals surface area (Å²) in [5.74, 6) is 0.433. The summed E-state index contributed by atoms with van der Waals surface area (Å²) in [5, 5.41) is 28.0. The van der Waals surface area contributed by atoms with Gasteiger partial charge < -0.3 is 21.1 Å². The Kier molecular flexibility index (Phi) is 16.8. The molecular formula is C28H41FeN3O3. The van der Waals surface area contributed by atoms with Crippen LogP contribution in [0.25, 0.3) is 0 Å². The molecule has 0 heterocycles. The van der Waals surface area contributed by atoms with Crippen LogP contribution in [-0.4, -0.2) is 53.0 Å². The van der Waals surface area contributed by atoms with E-state index >= 15 is 0 Å². The van der Waals surface area contributed by atoms with E-state index in [4.69, 9.17) is 10.8 Å². The number of aliphatic hydroxyl groups excluding tert-OH is 1. The smallest absolute Gasteiger partial charge is 0.124 e. The predicted molar refractivity (Wildman–Crippen MR) is 141 cm³/mol. The third-order valence-corrected chi connectivity index (χ3v) is 5.92. The first-order valence-corrected chi connectivity index (χ1v) is 12.6. The Morgan fingerprint density at radius 2 is 1.09 bits per heavy atom. The van der Waals surface area contributed by atoms with Crippen LogP contribution in [-0.2, 0) is 17.1 Å². The minimum atomic E-state index is 0. The van der Waals surface area contributed by atoms with Gasteiger partial charge in [0, 0.05) is 46.7 Å². The van der Waals surface area contributed by atoms with Gasteiger partial charge in [0.15, 0.2) is 0 Å². The van der Waals surface area contributed by atoms with Crippen LogP contribution in [0, 0.1) is 0 Å². The second kappa shape index (κ2) is 19.1. The molecule has 0 radical (unpaired) electrons. The first-order valence-electron chi connectivity index (χ1n) is 12.6. The van der Waals surface area contributed by atoms with Gasteiger partial charge in [-0.05, 0) is 49.9 Å². The zero-order valence-electron chi connectivity index (χ0n) is 20.6. The second-order valence-corrected chi connectivity index (χ2v) is 8.88. The van der Waals surface area contributed by atoms with Gasteiger partial charge in [0.1, 0.15) is 11.5 Å². The minimum absolute atomic E-state index is 0. The molecule has 6 nitrogen and oxygen atoms in total. The summed E-state index contributed by atoms with van der Waals surface area (Å²) in [4.78, 5) is 8.39. The summed E-state index contributed by atoms with van der Waals surface area (Å²) in [5.41, 5.74) is 7.02. The van der Waals surface area contributed by atoms with Crippen LogP contribution in [0.3, 0.4) is 0 Å². The quantitative estimate of drug-likeness (QED) is 0.245. The van der Waals surface area contributed by atoms with Gasteiger partial charge in [-0.1, -0.05) is 62.8 Å². The van der Waals surface area contributed by atoms with E-state index in [-0.39, 0.29) is 34.7 Å². The summed E-state index contributed by atoms with van der Waals surface area (Å²) in [6.07, 6.45) is 15.8. The zero-order valence-corrected chi connectivity index (χ0v) is 21.7. The first kappa shape index (κ1) is 30.8. The Hall–Kier alpha value is -2.18. The number of para-hydroxylation sites is 2. The first-order chi connectivity index (χ1) is 16.6. The predicted octanol–water partition coefficient (Wildman–Crippen LogP) is 5.22. The van der Waals surface area contributed by atoms with Crippen molar-refractivity contribution in [3.05, 3.63) is 59.7 Å². The van der Waals surface area contributed by atoms with Crippen molar-refractivity contribution < 1.29 is 32.4 Å². The number of phenols is 2. The van der Waals surface area contributed by atoms with Crippen LogP contribution in [0.5, 0.6) is 11.5 Å². The Bertz CT molecular complexity index is 793. The Morgan fingerprint density at radius 3 is 1.40 bits per heavy atom. The van der Waals surface area contributed by atoms with Crippen LogP contribution in [0.1, 0.15) is 75.3 Å². The van der Waals surface area contributed by atoms with Gasteiger partial charge in [-0.15, -0.1) is 0 Å². The number of phenolic OH excluding ortho intramolecular Hbond substituents is 2. The van der Waals surface area contributed by atoms with Crippen molar-refractivity contribution in [1.82, 2.24) is 0 Å². The van der Waals surface area contributed by atoms with Gasteiger partial charge in [-0.3, -0.25) is 9.98 Å². The Balaban J connectivity index is 0.000000332. The van der Waals surface area contributed by atoms with Gasteiger partial charge in [0.2, 0.25) is 0 Å². The number of aliphatic imine (C=N–C) groups is 2. The molecule has 2 aliphatic rings. The zero-order chi connectivity index (χ0) is 24.4. The van der Waals surface area contributed by atoms with Crippen LogP contribution in [0.15, 0.2) is 58.5 Å². The maximum Gasteiger partial charge on any atom is 0.124 e. The molecule has 0 aromatic heterocycles. The summed E-state index contributed by atoms with van der Waals surface area (Å²) < 4.78 is 0. The molecule has 194 valence electrons. The molecule has 0 spiro atoms. The number of nitrogens with zero attached hydrogens (tertiary/aromatic N) is 2. The standard InChI is InChI=1S/C16H16N2O2.C6H13N.C6H12O.Fe/c19-15-7-3-1-5-13(15)11-17-9-10-18-12-14-6-2-4-8-16(14)20;2*7-6-4-2-1-3-5-6;/h1-8,11-12,19-20H,9-10H2;6H,1-5,7H2;6-7H,1-5H2;. The number of hydrogen-bond donors (Lipinski definition) is 4. The van der Waals surface area contributed by atoms with Crippen molar-refractivity contribution in [3.8, 4) is 11.5 Å². The summed E-state index contributed by atoms with van der Waals surface area (Å²) in [6.45, 7) is 1.05. The SMILES string of the molecule is NC1CCCCC1.OC1CCCCC1.Oc1ccccc1C=NCCN=Cc1ccccc1O.[Fe]. The van der Waals surface area contributed by atoms with Crippen LogP contribution >= 0.6 is 0 Å². The average molecular weight is 523 g/mol. The monoisotopic (exact) mass is 523 g/mol. The molecule has 2 fully saturated rings. The van der Waals surface area contributed by atoms with Crippen molar-refractivity contribution >= 4 is 12.4 Å². The van der Waals surface area contributed by atoms with Gasteiger partial charge >= 0.3 is 0 Å². The molecule has 35 heavy (non-hydrogen) atoms. The van der Waals surface area contributed by atoms with E-state index in [0.29, 0.717) is 30.3 Å². The van der Waals surface area contributed by atoms with Crippen molar-refractivity contribution in [2.45, 2.75) is 76.4 Å². The fourth-order valence-electron chi connectivity index (χ4n) is 3.85. The third-order valence-electron chi connectivity index (χ3n) is 5.92. The summed E-state index contributed by atoms with van der Waals surface area (Å²) >= 11 is 0. The maximum atomic E-state index is 9.54. The van der Waals surface area contributed by atoms with Gasteiger partial charge in [-0.2, -0.15) is 0 Å². The fraction of sp³-hybridized carbons (Fsp3) is 0.500. The molecule has 0 atom stereocenters. The molecule has 0 amide bonds. The number of nitrogens with two attached hydrogens (primary N) is 1. The molecule has 5 N–H and O–H groups in total. The molecule has 0 aliphatic heterocycles. The third kappa shape index (κ3) is 14.1. The van der Waals surface area contributed by atoms with Crippen LogP contribution in [0.2, 0.25) is 0 Å². The number of benzene rings is 2. The second-order valence-electron chi connectivity index (χ2n) is 8.88. The molecule has 2 saturated carbocycles.